The van der Waals surface area contributed by atoms with Crippen LogP contribution in [-0.4, -0.2) is 34.5 Å². The number of morpholine rings is 1. The Kier molecular flexibility index (Phi) is 5.32. The summed E-state index contributed by atoms with van der Waals surface area (Å²) in [6.07, 6.45) is 1.08. The number of nitrogens with zero attached hydrogens (tertiary/aromatic N) is 1. The molecule has 2 aliphatic rings. The summed E-state index contributed by atoms with van der Waals surface area (Å²) in [5, 5.41) is 11.0. The van der Waals surface area contributed by atoms with Gasteiger partial charge in [0.15, 0.2) is 0 Å². The molecule has 4 rings (SSSR count). The molecule has 2 aromatic rings. The summed E-state index contributed by atoms with van der Waals surface area (Å²) in [4.78, 5) is 26.4. The van der Waals surface area contributed by atoms with E-state index in [1.54, 1.807) is 24.3 Å². The lowest BCUT2D eigenvalue weighted by Crippen LogP contribution is -2.54. The monoisotopic (exact) mass is 419 g/mol. The van der Waals surface area contributed by atoms with E-state index in [0.29, 0.717) is 10.0 Å². The van der Waals surface area contributed by atoms with Crippen LogP contribution in [0.5, 0.6) is 0 Å². The van der Waals surface area contributed by atoms with Crippen molar-refractivity contribution in [1.29, 1.82) is 0 Å². The second kappa shape index (κ2) is 7.74. The first-order chi connectivity index (χ1) is 13.5. The normalized spacial score (nSPS) is 23.5. The Hall–Kier alpha value is -2.08. The van der Waals surface area contributed by atoms with Gasteiger partial charge in [-0.1, -0.05) is 47.5 Å². The molecule has 1 saturated carbocycles. The first kappa shape index (κ1) is 19.2. The molecule has 0 bridgehead atoms. The predicted octanol–water partition coefficient (Wildman–Crippen LogP) is 4.50. The fourth-order valence-electron chi connectivity index (χ4n) is 3.87. The van der Waals surface area contributed by atoms with Gasteiger partial charge in [-0.2, -0.15) is 0 Å². The SMILES string of the molecule is O=C(O)C(C1CC1)N1C(=O)CO[C@H](c2cccc(Cl)c2)[C@@H]1c1ccc(Cl)cc1. The van der Waals surface area contributed by atoms with Crippen LogP contribution in [0.1, 0.15) is 36.1 Å². The Balaban J connectivity index is 1.82. The quantitative estimate of drug-likeness (QED) is 0.774. The van der Waals surface area contributed by atoms with Crippen molar-refractivity contribution in [2.24, 2.45) is 5.92 Å². The molecule has 5 nitrogen and oxygen atoms in total. The molecule has 0 spiro atoms. The molecule has 2 fully saturated rings. The van der Waals surface area contributed by atoms with Crippen molar-refractivity contribution in [1.82, 2.24) is 4.90 Å². The van der Waals surface area contributed by atoms with Crippen LogP contribution < -0.4 is 0 Å². The van der Waals surface area contributed by atoms with Crippen LogP contribution in [0.3, 0.4) is 0 Å². The highest BCUT2D eigenvalue weighted by Crippen LogP contribution is 2.46. The molecule has 2 aromatic carbocycles. The fraction of sp³-hybridized carbons (Fsp3) is 0.333. The lowest BCUT2D eigenvalue weighted by molar-refractivity contribution is -0.172. The highest BCUT2D eigenvalue weighted by Gasteiger charge is 2.49. The van der Waals surface area contributed by atoms with E-state index >= 15 is 0 Å². The molecule has 1 aliphatic carbocycles. The van der Waals surface area contributed by atoms with Crippen molar-refractivity contribution < 1.29 is 19.4 Å². The molecular formula is C21H19Cl2NO4. The van der Waals surface area contributed by atoms with Crippen LogP contribution in [0.15, 0.2) is 48.5 Å². The van der Waals surface area contributed by atoms with Crippen molar-refractivity contribution >= 4 is 35.1 Å². The maximum absolute atomic E-state index is 12.9. The van der Waals surface area contributed by atoms with Gasteiger partial charge >= 0.3 is 5.97 Å². The Labute approximate surface area is 172 Å². The van der Waals surface area contributed by atoms with Crippen LogP contribution >= 0.6 is 23.2 Å². The molecule has 3 atom stereocenters. The summed E-state index contributed by atoms with van der Waals surface area (Å²) < 4.78 is 5.91. The minimum Gasteiger partial charge on any atom is -0.480 e. The lowest BCUT2D eigenvalue weighted by atomic mass is 9.90. The number of ether oxygens (including phenoxy) is 1. The molecule has 1 amide bonds. The minimum atomic E-state index is -0.985. The van der Waals surface area contributed by atoms with Crippen molar-refractivity contribution in [2.45, 2.75) is 31.0 Å². The Morgan fingerprint density at radius 2 is 1.79 bits per heavy atom. The second-order valence-electron chi connectivity index (χ2n) is 7.20. The van der Waals surface area contributed by atoms with E-state index < -0.39 is 24.2 Å². The zero-order valence-electron chi connectivity index (χ0n) is 14.9. The van der Waals surface area contributed by atoms with Gasteiger partial charge in [-0.15, -0.1) is 0 Å². The summed E-state index contributed by atoms with van der Waals surface area (Å²) in [5.74, 6) is -1.34. The number of aliphatic carboxylic acids is 1. The van der Waals surface area contributed by atoms with Gasteiger partial charge < -0.3 is 14.7 Å². The van der Waals surface area contributed by atoms with Gasteiger partial charge in [0.2, 0.25) is 5.91 Å². The van der Waals surface area contributed by atoms with E-state index in [2.05, 4.69) is 0 Å². The van der Waals surface area contributed by atoms with Gasteiger partial charge in [-0.25, -0.2) is 4.79 Å². The van der Waals surface area contributed by atoms with Crippen molar-refractivity contribution in [3.63, 3.8) is 0 Å². The van der Waals surface area contributed by atoms with E-state index in [4.69, 9.17) is 27.9 Å². The van der Waals surface area contributed by atoms with Gasteiger partial charge in [-0.3, -0.25) is 4.79 Å². The number of halogens is 2. The molecule has 1 aliphatic heterocycles. The molecular weight excluding hydrogens is 401 g/mol. The van der Waals surface area contributed by atoms with Crippen LogP contribution in [0.2, 0.25) is 10.0 Å². The molecule has 0 radical (unpaired) electrons. The van der Waals surface area contributed by atoms with E-state index in [1.807, 2.05) is 24.3 Å². The van der Waals surface area contributed by atoms with E-state index in [1.165, 1.54) is 4.90 Å². The fourth-order valence-corrected chi connectivity index (χ4v) is 4.20. The van der Waals surface area contributed by atoms with E-state index in [9.17, 15) is 14.7 Å². The van der Waals surface area contributed by atoms with Crippen molar-refractivity contribution in [3.8, 4) is 0 Å². The van der Waals surface area contributed by atoms with Gasteiger partial charge in [0, 0.05) is 10.0 Å². The first-order valence-corrected chi connectivity index (χ1v) is 9.88. The molecule has 146 valence electrons. The molecule has 1 saturated heterocycles. The zero-order valence-corrected chi connectivity index (χ0v) is 16.4. The molecule has 1 unspecified atom stereocenters. The average Bonchev–Trinajstić information content (AvgIpc) is 3.48. The Morgan fingerprint density at radius 3 is 2.39 bits per heavy atom. The number of carboxylic acid groups (broad SMARTS) is 1. The topological polar surface area (TPSA) is 66.8 Å². The van der Waals surface area contributed by atoms with Crippen LogP contribution in [0.25, 0.3) is 0 Å². The Bertz CT molecular complexity index is 898. The van der Waals surface area contributed by atoms with Crippen molar-refractivity contribution in [3.05, 3.63) is 69.7 Å². The lowest BCUT2D eigenvalue weighted by Gasteiger charge is -2.44. The summed E-state index contributed by atoms with van der Waals surface area (Å²) >= 11 is 12.2. The molecule has 1 N–H and O–H groups in total. The largest absolute Gasteiger partial charge is 0.480 e. The van der Waals surface area contributed by atoms with Crippen LogP contribution in [0.4, 0.5) is 0 Å². The number of benzene rings is 2. The highest BCUT2D eigenvalue weighted by molar-refractivity contribution is 6.30. The minimum absolute atomic E-state index is 0.0330. The Morgan fingerprint density at radius 1 is 1.07 bits per heavy atom. The number of hydrogen-bond donors (Lipinski definition) is 1. The smallest absolute Gasteiger partial charge is 0.326 e. The maximum atomic E-state index is 12.9. The summed E-state index contributed by atoms with van der Waals surface area (Å²) in [7, 11) is 0. The van der Waals surface area contributed by atoms with Gasteiger partial charge in [0.05, 0.1) is 6.04 Å². The summed E-state index contributed by atoms with van der Waals surface area (Å²) in [6.45, 7) is -0.169. The first-order valence-electron chi connectivity index (χ1n) is 9.12. The predicted molar refractivity (Wildman–Crippen MR) is 105 cm³/mol. The number of carboxylic acids is 1. The number of carbonyl (C=O) groups excluding carboxylic acids is 1. The maximum Gasteiger partial charge on any atom is 0.326 e. The van der Waals surface area contributed by atoms with E-state index in [-0.39, 0.29) is 18.4 Å². The molecule has 7 heteroatoms. The van der Waals surface area contributed by atoms with Crippen molar-refractivity contribution in [2.75, 3.05) is 6.61 Å². The second-order valence-corrected chi connectivity index (χ2v) is 8.08. The highest BCUT2D eigenvalue weighted by atomic mass is 35.5. The van der Waals surface area contributed by atoms with Crippen LogP contribution in [-0.2, 0) is 14.3 Å². The summed E-state index contributed by atoms with van der Waals surface area (Å²) in [5.41, 5.74) is 1.57. The standard InChI is InChI=1S/C21H19Cl2NO4/c22-15-8-6-12(7-9-15)18-20(14-2-1-3-16(23)10-14)28-11-17(25)24(18)19(21(26)27)13-4-5-13/h1-3,6-10,13,18-20H,4-5,11H2,(H,26,27)/t18-,19?,20+/m0/s1. The number of carbonyl (C=O) groups is 2. The average molecular weight is 420 g/mol. The molecule has 1 heterocycles. The summed E-state index contributed by atoms with van der Waals surface area (Å²) in [6, 6.07) is 12.9. The zero-order chi connectivity index (χ0) is 19.8. The number of rotatable bonds is 5. The molecule has 28 heavy (non-hydrogen) atoms. The van der Waals surface area contributed by atoms with E-state index in [0.717, 1.165) is 24.0 Å². The number of hydrogen-bond acceptors (Lipinski definition) is 3. The molecule has 0 aromatic heterocycles. The van der Waals surface area contributed by atoms with Gasteiger partial charge in [-0.05, 0) is 54.2 Å². The third kappa shape index (κ3) is 3.75. The van der Waals surface area contributed by atoms with Gasteiger partial charge in [0.25, 0.3) is 0 Å². The third-order valence-corrected chi connectivity index (χ3v) is 5.76. The van der Waals surface area contributed by atoms with Gasteiger partial charge in [0.1, 0.15) is 18.8 Å². The van der Waals surface area contributed by atoms with Crippen LogP contribution in [0, 0.1) is 5.92 Å². The number of amides is 1. The third-order valence-electron chi connectivity index (χ3n) is 5.27.